The van der Waals surface area contributed by atoms with Crippen LogP contribution in [0.3, 0.4) is 0 Å². The Balaban J connectivity index is 1.54. The Morgan fingerprint density at radius 1 is 1.23 bits per heavy atom. The van der Waals surface area contributed by atoms with Crippen molar-refractivity contribution in [3.8, 4) is 0 Å². The summed E-state index contributed by atoms with van der Waals surface area (Å²) < 4.78 is 5.96. The summed E-state index contributed by atoms with van der Waals surface area (Å²) in [6, 6.07) is 15.2. The van der Waals surface area contributed by atoms with Crippen LogP contribution in [0, 0.1) is 5.92 Å². The number of carboxylic acids is 1. The first-order valence-corrected chi connectivity index (χ1v) is 13.2. The summed E-state index contributed by atoms with van der Waals surface area (Å²) in [4.78, 5) is 29.7. The van der Waals surface area contributed by atoms with E-state index in [1.54, 1.807) is 11.8 Å². The van der Waals surface area contributed by atoms with Crippen molar-refractivity contribution < 1.29 is 19.4 Å². The van der Waals surface area contributed by atoms with Crippen LogP contribution in [0.25, 0.3) is 0 Å². The van der Waals surface area contributed by atoms with Crippen molar-refractivity contribution in [3.63, 3.8) is 0 Å². The summed E-state index contributed by atoms with van der Waals surface area (Å²) in [6.45, 7) is 4.77. The van der Waals surface area contributed by atoms with E-state index in [0.717, 1.165) is 53.5 Å². The molecule has 1 fully saturated rings. The Kier molecular flexibility index (Phi) is 10.4. The Labute approximate surface area is 216 Å². The van der Waals surface area contributed by atoms with Gasteiger partial charge in [0, 0.05) is 41.5 Å². The number of hydrogen-bond donors (Lipinski definition) is 1. The number of carboxylic acid groups (broad SMARTS) is 1. The monoisotopic (exact) mass is 514 g/mol. The predicted octanol–water partition coefficient (Wildman–Crippen LogP) is 5.48. The Morgan fingerprint density at radius 3 is 2.69 bits per heavy atom. The van der Waals surface area contributed by atoms with E-state index in [9.17, 15) is 9.59 Å². The highest BCUT2D eigenvalue weighted by Gasteiger charge is 2.23. The van der Waals surface area contributed by atoms with E-state index in [1.807, 2.05) is 67.8 Å². The van der Waals surface area contributed by atoms with Crippen molar-refractivity contribution in [2.75, 3.05) is 37.5 Å². The number of anilines is 1. The molecule has 6 nitrogen and oxygen atoms in total. The number of rotatable bonds is 10. The van der Waals surface area contributed by atoms with Crippen LogP contribution in [0.1, 0.15) is 30.9 Å². The summed E-state index contributed by atoms with van der Waals surface area (Å²) in [6.07, 6.45) is 5.98. The molecule has 0 radical (unpaired) electrons. The molecule has 1 unspecified atom stereocenters. The van der Waals surface area contributed by atoms with Crippen LogP contribution in [0.15, 0.2) is 65.3 Å². The molecular weight excluding hydrogens is 484 g/mol. The quantitative estimate of drug-likeness (QED) is 0.196. The number of nitrogens with zero attached hydrogens (tertiary/aromatic N) is 2. The van der Waals surface area contributed by atoms with Crippen LogP contribution in [0.2, 0.25) is 5.02 Å². The van der Waals surface area contributed by atoms with Gasteiger partial charge in [-0.15, -0.1) is 11.8 Å². The zero-order valence-corrected chi connectivity index (χ0v) is 21.6. The highest BCUT2D eigenvalue weighted by molar-refractivity contribution is 8.13. The molecular formula is C27H31ClN2O4S. The molecule has 1 atom stereocenters. The van der Waals surface area contributed by atoms with Gasteiger partial charge in [0.05, 0.1) is 13.2 Å². The Bertz CT molecular complexity index is 1080. The standard InChI is InChI=1S/C27H31ClN2O4S/c1-19(29-26(35-2)21-9-11-23(28)12-10-21)13-15-34-18-20-6-5-14-30(17-20)24-8-4-3-7-22(24)16-25(31)27(32)33/h3-4,7-13,20H,5-6,14-18H2,1-2H3,(H,32,33)/b19-13+,29-26-. The van der Waals surface area contributed by atoms with Crippen LogP contribution < -0.4 is 4.90 Å². The predicted molar refractivity (Wildman–Crippen MR) is 144 cm³/mol. The zero-order valence-electron chi connectivity index (χ0n) is 20.1. The molecule has 1 aliphatic heterocycles. The van der Waals surface area contributed by atoms with Gasteiger partial charge in [-0.3, -0.25) is 4.79 Å². The van der Waals surface area contributed by atoms with E-state index < -0.39 is 11.8 Å². The molecule has 35 heavy (non-hydrogen) atoms. The molecule has 2 aromatic carbocycles. The summed E-state index contributed by atoms with van der Waals surface area (Å²) in [5.74, 6) is -1.82. The number of aliphatic carboxylic acids is 1. The maximum absolute atomic E-state index is 11.8. The molecule has 0 aromatic heterocycles. The van der Waals surface area contributed by atoms with Crippen molar-refractivity contribution in [2.24, 2.45) is 10.9 Å². The second kappa shape index (κ2) is 13.5. The average Bonchev–Trinajstić information content (AvgIpc) is 2.86. The first kappa shape index (κ1) is 27.0. The number of benzene rings is 2. The lowest BCUT2D eigenvalue weighted by molar-refractivity contribution is -0.148. The topological polar surface area (TPSA) is 79.2 Å². The Morgan fingerprint density at radius 2 is 1.97 bits per heavy atom. The number of para-hydroxylation sites is 1. The van der Waals surface area contributed by atoms with Gasteiger partial charge in [-0.05, 0) is 61.8 Å². The molecule has 1 heterocycles. The molecule has 0 aliphatic carbocycles. The van der Waals surface area contributed by atoms with Crippen molar-refractivity contribution >= 4 is 45.8 Å². The minimum absolute atomic E-state index is 0.0954. The van der Waals surface area contributed by atoms with Gasteiger partial charge >= 0.3 is 5.97 Å². The third kappa shape index (κ3) is 8.23. The highest BCUT2D eigenvalue weighted by Crippen LogP contribution is 2.27. The summed E-state index contributed by atoms with van der Waals surface area (Å²) >= 11 is 7.57. The van der Waals surface area contributed by atoms with Gasteiger partial charge in [-0.1, -0.05) is 41.9 Å². The van der Waals surface area contributed by atoms with Crippen LogP contribution >= 0.6 is 23.4 Å². The third-order valence-corrected chi connectivity index (χ3v) is 6.82. The first-order chi connectivity index (χ1) is 16.9. The van der Waals surface area contributed by atoms with E-state index in [4.69, 9.17) is 26.4 Å². The van der Waals surface area contributed by atoms with E-state index in [2.05, 4.69) is 4.90 Å². The lowest BCUT2D eigenvalue weighted by atomic mass is 9.97. The smallest absolute Gasteiger partial charge is 0.372 e. The second-order valence-corrected chi connectivity index (χ2v) is 9.73. The van der Waals surface area contributed by atoms with E-state index >= 15 is 0 Å². The molecule has 8 heteroatoms. The highest BCUT2D eigenvalue weighted by atomic mass is 35.5. The van der Waals surface area contributed by atoms with Gasteiger partial charge in [0.2, 0.25) is 5.78 Å². The molecule has 0 spiro atoms. The summed E-state index contributed by atoms with van der Waals surface area (Å²) in [5.41, 5.74) is 3.61. The van der Waals surface area contributed by atoms with Gasteiger partial charge in [0.1, 0.15) is 5.04 Å². The number of carbonyl (C=O) groups is 2. The van der Waals surface area contributed by atoms with Gasteiger partial charge in [-0.25, -0.2) is 9.79 Å². The van der Waals surface area contributed by atoms with Gasteiger partial charge < -0.3 is 14.7 Å². The number of aliphatic imine (C=N–C) groups is 1. The van der Waals surface area contributed by atoms with Crippen molar-refractivity contribution in [3.05, 3.63) is 76.5 Å². The van der Waals surface area contributed by atoms with Crippen LogP contribution in [0.4, 0.5) is 5.69 Å². The number of hydrogen-bond acceptors (Lipinski definition) is 6. The van der Waals surface area contributed by atoms with Gasteiger partial charge in [0.15, 0.2) is 0 Å². The second-order valence-electron chi connectivity index (χ2n) is 8.50. The van der Waals surface area contributed by atoms with E-state index in [0.29, 0.717) is 24.2 Å². The first-order valence-electron chi connectivity index (χ1n) is 11.6. The molecule has 2 aromatic rings. The third-order valence-electron chi connectivity index (χ3n) is 5.85. The average molecular weight is 515 g/mol. The molecule has 186 valence electrons. The number of halogens is 1. The molecule has 1 N–H and O–H groups in total. The van der Waals surface area contributed by atoms with Crippen LogP contribution in [0.5, 0.6) is 0 Å². The molecule has 0 bridgehead atoms. The fourth-order valence-electron chi connectivity index (χ4n) is 4.08. The minimum Gasteiger partial charge on any atom is -0.475 e. The number of ketones is 1. The number of piperidine rings is 1. The van der Waals surface area contributed by atoms with Crippen LogP contribution in [-0.2, 0) is 20.7 Å². The maximum Gasteiger partial charge on any atom is 0.372 e. The Hall–Kier alpha value is -2.61. The van der Waals surface area contributed by atoms with E-state index in [-0.39, 0.29) is 6.42 Å². The normalized spacial score (nSPS) is 16.9. The molecule has 0 amide bonds. The summed E-state index contributed by atoms with van der Waals surface area (Å²) in [7, 11) is 0. The molecule has 3 rings (SSSR count). The number of thioether (sulfide) groups is 1. The van der Waals surface area contributed by atoms with Gasteiger partial charge in [0.25, 0.3) is 0 Å². The fourth-order valence-corrected chi connectivity index (χ4v) is 4.81. The largest absolute Gasteiger partial charge is 0.475 e. The SMILES string of the molecule is CS/C(=N\C(C)=C\COCC1CCCN(c2ccccc2CC(=O)C(=O)O)C1)c1ccc(Cl)cc1. The van der Waals surface area contributed by atoms with Gasteiger partial charge in [-0.2, -0.15) is 0 Å². The number of allylic oxidation sites excluding steroid dienone is 1. The van der Waals surface area contributed by atoms with Crippen molar-refractivity contribution in [2.45, 2.75) is 26.2 Å². The minimum atomic E-state index is -1.39. The molecule has 1 aliphatic rings. The number of carbonyl (C=O) groups excluding carboxylic acids is 1. The lowest BCUT2D eigenvalue weighted by Crippen LogP contribution is -2.38. The molecule has 0 saturated carbocycles. The van der Waals surface area contributed by atoms with E-state index in [1.165, 1.54) is 0 Å². The van der Waals surface area contributed by atoms with Crippen molar-refractivity contribution in [1.29, 1.82) is 0 Å². The van der Waals surface area contributed by atoms with Crippen LogP contribution in [-0.4, -0.2) is 54.5 Å². The fraction of sp³-hybridized carbons (Fsp3) is 0.370. The maximum atomic E-state index is 11.8. The zero-order chi connectivity index (χ0) is 25.2. The number of ether oxygens (including phenoxy) is 1. The molecule has 1 saturated heterocycles. The lowest BCUT2D eigenvalue weighted by Gasteiger charge is -2.35. The number of Topliss-reactive ketones (excluding diaryl/α,β-unsaturated/α-hetero) is 1. The summed E-state index contributed by atoms with van der Waals surface area (Å²) in [5, 5.41) is 10.6. The van der Waals surface area contributed by atoms with Crippen molar-refractivity contribution in [1.82, 2.24) is 0 Å².